The average Bonchev–Trinajstić information content (AvgIpc) is 3.74. The average molecular weight is 609 g/mol. The lowest BCUT2D eigenvalue weighted by Gasteiger charge is -2.43. The lowest BCUT2D eigenvalue weighted by Crippen LogP contribution is -2.41. The van der Waals surface area contributed by atoms with Crippen LogP contribution in [0, 0.1) is 82.9 Å². The van der Waals surface area contributed by atoms with Gasteiger partial charge in [-0.2, -0.15) is 0 Å². The fraction of sp³-hybridized carbons (Fsp3) is 0.917. The van der Waals surface area contributed by atoms with Crippen molar-refractivity contribution >= 4 is 17.9 Å². The van der Waals surface area contributed by atoms with Crippen LogP contribution < -0.4 is 0 Å². The first-order valence-electron chi connectivity index (χ1n) is 15.8. The Morgan fingerprint density at radius 2 is 1.33 bits per heavy atom. The Hall–Kier alpha value is -1.63. The van der Waals surface area contributed by atoms with Crippen LogP contribution in [0.15, 0.2) is 0 Å². The van der Waals surface area contributed by atoms with Gasteiger partial charge < -0.3 is 19.3 Å². The van der Waals surface area contributed by atoms with Gasteiger partial charge in [0.2, 0.25) is 6.10 Å². The number of hydrogen-bond acceptors (Lipinski definition) is 7. The molecule has 7 heteroatoms. The lowest BCUT2D eigenvalue weighted by atomic mass is 9.62. The van der Waals surface area contributed by atoms with E-state index in [1.54, 1.807) is 6.92 Å². The van der Waals surface area contributed by atoms with Crippen LogP contribution in [0.25, 0.3) is 0 Å². The van der Waals surface area contributed by atoms with E-state index in [4.69, 9.17) is 19.3 Å². The molecule has 0 aromatic rings. The quantitative estimate of drug-likeness (QED) is 0.203. The molecule has 7 rings (SSSR count). The maximum atomic E-state index is 12.6. The number of rotatable bonds is 5. The Balaban J connectivity index is 0.000000290. The summed E-state index contributed by atoms with van der Waals surface area (Å²) in [5.41, 5.74) is 0. The Morgan fingerprint density at radius 1 is 0.767 bits per heavy atom. The van der Waals surface area contributed by atoms with Crippen LogP contribution in [0.5, 0.6) is 0 Å². The van der Waals surface area contributed by atoms with E-state index >= 15 is 0 Å². The lowest BCUT2D eigenvalue weighted by molar-refractivity contribution is -0.166. The summed E-state index contributed by atoms with van der Waals surface area (Å²) < 4.78 is 15.6. The number of aliphatic hydroxyl groups excluding tert-OH is 1. The Bertz CT molecular complexity index is 977. The molecule has 1 heterocycles. The second kappa shape index (κ2) is 14.2. The normalized spacial score (nSPS) is 46.1. The Kier molecular flexibility index (Phi) is 12.4. The number of hydrogen-bond donors (Lipinski definition) is 1. The van der Waals surface area contributed by atoms with Crippen molar-refractivity contribution < 1.29 is 33.7 Å². The summed E-state index contributed by atoms with van der Waals surface area (Å²) in [7, 11) is 0. The van der Waals surface area contributed by atoms with Gasteiger partial charge in [-0.05, 0) is 110 Å². The van der Waals surface area contributed by atoms with Crippen LogP contribution >= 0.6 is 0 Å². The van der Waals surface area contributed by atoms with Crippen LogP contribution in [-0.2, 0) is 28.6 Å². The predicted octanol–water partition coefficient (Wildman–Crippen LogP) is 7.04. The Morgan fingerprint density at radius 3 is 1.88 bits per heavy atom. The van der Waals surface area contributed by atoms with E-state index in [0.29, 0.717) is 36.7 Å². The molecule has 6 saturated carbocycles. The zero-order valence-corrected chi connectivity index (χ0v) is 24.3. The maximum absolute atomic E-state index is 12.6. The molecule has 0 aromatic heterocycles. The molecule has 43 heavy (non-hydrogen) atoms. The highest BCUT2D eigenvalue weighted by molar-refractivity contribution is 5.82. The molecule has 250 valence electrons. The summed E-state index contributed by atoms with van der Waals surface area (Å²) in [5.74, 6) is 8.43. The van der Waals surface area contributed by atoms with Crippen LogP contribution in [-0.4, -0.2) is 48.4 Å². The van der Waals surface area contributed by atoms with Gasteiger partial charge in [0.25, 0.3) is 0 Å². The largest absolute Gasteiger partial charge is 0.463 e. The molecule has 0 aromatic carbocycles. The smallest absolute Gasteiger partial charge is 0.347 e. The molecule has 16 atom stereocenters. The topological polar surface area (TPSA) is 99.1 Å². The molecule has 6 aliphatic carbocycles. The minimum Gasteiger partial charge on any atom is -0.463 e. The highest BCUT2D eigenvalue weighted by Gasteiger charge is 2.67. The third-order valence-corrected chi connectivity index (χ3v) is 13.0. The van der Waals surface area contributed by atoms with Crippen molar-refractivity contribution in [1.82, 2.24) is 0 Å². The number of carbonyl (C=O) groups is 3. The van der Waals surface area contributed by atoms with Crippen molar-refractivity contribution in [2.24, 2.45) is 82.9 Å². The third kappa shape index (κ3) is 6.27. The summed E-state index contributed by atoms with van der Waals surface area (Å²) in [6, 6.07) is 0. The molecule has 1 aliphatic heterocycles. The van der Waals surface area contributed by atoms with Gasteiger partial charge in [-0.25, -0.2) is 4.79 Å². The molecular formula is C36H64O7. The third-order valence-electron chi connectivity index (χ3n) is 13.0. The first kappa shape index (κ1) is 37.6. The van der Waals surface area contributed by atoms with Gasteiger partial charge in [0.05, 0.1) is 24.5 Å². The SMILES string of the molecule is C.C.C.C.CC(O)COC(=O)C1CC2CC1C(C)C2C.CC1C(C)C2CC1C1C3CC(C(=O)OC4CCOC4=O)C(C3)C21. The van der Waals surface area contributed by atoms with Crippen molar-refractivity contribution in [3.8, 4) is 0 Å². The second-order valence-corrected chi connectivity index (χ2v) is 14.5. The fourth-order valence-corrected chi connectivity index (χ4v) is 10.8. The number of fused-ring (bicyclic) bond motifs is 11. The molecule has 6 bridgehead atoms. The molecule has 7 aliphatic rings. The van der Waals surface area contributed by atoms with Gasteiger partial charge in [0.15, 0.2) is 0 Å². The number of carbonyl (C=O) groups excluding carboxylic acids is 3. The van der Waals surface area contributed by atoms with E-state index in [9.17, 15) is 14.4 Å². The van der Waals surface area contributed by atoms with E-state index in [2.05, 4.69) is 27.7 Å². The molecule has 0 radical (unpaired) electrons. The zero-order chi connectivity index (χ0) is 27.7. The van der Waals surface area contributed by atoms with Gasteiger partial charge in [0, 0.05) is 6.42 Å². The van der Waals surface area contributed by atoms with Gasteiger partial charge in [-0.3, -0.25) is 9.59 Å². The van der Waals surface area contributed by atoms with Crippen LogP contribution in [0.2, 0.25) is 0 Å². The van der Waals surface area contributed by atoms with Crippen molar-refractivity contribution in [3.63, 3.8) is 0 Å². The van der Waals surface area contributed by atoms with E-state index in [1.807, 2.05) is 0 Å². The number of esters is 3. The van der Waals surface area contributed by atoms with Crippen LogP contribution in [0.1, 0.15) is 103 Å². The molecular weight excluding hydrogens is 544 g/mol. The van der Waals surface area contributed by atoms with E-state index in [-0.39, 0.29) is 66.1 Å². The molecule has 0 spiro atoms. The van der Waals surface area contributed by atoms with Crippen molar-refractivity contribution in [2.45, 2.75) is 115 Å². The first-order valence-corrected chi connectivity index (χ1v) is 15.8. The van der Waals surface area contributed by atoms with E-state index < -0.39 is 12.2 Å². The molecule has 0 amide bonds. The Labute approximate surface area is 262 Å². The minimum atomic E-state index is -0.642. The highest BCUT2D eigenvalue weighted by Crippen LogP contribution is 2.71. The summed E-state index contributed by atoms with van der Waals surface area (Å²) in [6.07, 6.45) is 5.12. The van der Waals surface area contributed by atoms with Gasteiger partial charge in [-0.1, -0.05) is 57.4 Å². The summed E-state index contributed by atoms with van der Waals surface area (Å²) in [4.78, 5) is 36.1. The summed E-state index contributed by atoms with van der Waals surface area (Å²) in [6.45, 7) is 11.6. The summed E-state index contributed by atoms with van der Waals surface area (Å²) >= 11 is 0. The monoisotopic (exact) mass is 608 g/mol. The number of cyclic esters (lactones) is 1. The van der Waals surface area contributed by atoms with Crippen LogP contribution in [0.4, 0.5) is 0 Å². The van der Waals surface area contributed by atoms with Crippen molar-refractivity contribution in [1.29, 1.82) is 0 Å². The molecule has 7 fully saturated rings. The van der Waals surface area contributed by atoms with Crippen LogP contribution in [0.3, 0.4) is 0 Å². The van der Waals surface area contributed by atoms with Crippen molar-refractivity contribution in [2.75, 3.05) is 13.2 Å². The standard InChI is InChI=1S/C19H26O4.C13H22O3.4CH4/c1-8-9(2)12-7-11(8)16-10-5-13(17(12)16)14(6-10)18(20)23-15-3-4-22-19(15)21;1-7(14)6-16-13(15)12-5-10-4-11(12)9(3)8(10)2;;;;/h8-17H,3-7H2,1-2H3;7-12,14H,4-6H2,1-3H3;4*1H4. The number of aliphatic hydroxyl groups is 1. The minimum absolute atomic E-state index is 0. The summed E-state index contributed by atoms with van der Waals surface area (Å²) in [5, 5.41) is 9.09. The first-order chi connectivity index (χ1) is 18.6. The maximum Gasteiger partial charge on any atom is 0.347 e. The highest BCUT2D eigenvalue weighted by atomic mass is 16.6. The van der Waals surface area contributed by atoms with E-state index in [0.717, 1.165) is 60.2 Å². The molecule has 16 unspecified atom stereocenters. The number of ether oxygens (including phenoxy) is 3. The van der Waals surface area contributed by atoms with Crippen molar-refractivity contribution in [3.05, 3.63) is 0 Å². The molecule has 1 saturated heterocycles. The zero-order valence-electron chi connectivity index (χ0n) is 24.3. The van der Waals surface area contributed by atoms with Gasteiger partial charge in [-0.15, -0.1) is 0 Å². The van der Waals surface area contributed by atoms with E-state index in [1.165, 1.54) is 19.3 Å². The molecule has 7 nitrogen and oxygen atoms in total. The van der Waals surface area contributed by atoms with Gasteiger partial charge >= 0.3 is 17.9 Å². The second-order valence-electron chi connectivity index (χ2n) is 14.5. The van der Waals surface area contributed by atoms with Gasteiger partial charge in [0.1, 0.15) is 6.61 Å². The fourth-order valence-electron chi connectivity index (χ4n) is 10.8. The molecule has 1 N–H and O–H groups in total. The predicted molar refractivity (Wildman–Crippen MR) is 170 cm³/mol.